The van der Waals surface area contributed by atoms with Crippen LogP contribution in [0.25, 0.3) is 0 Å². The Morgan fingerprint density at radius 3 is 2.75 bits per heavy atom. The number of hydrogen-bond acceptors (Lipinski definition) is 5. The van der Waals surface area contributed by atoms with Crippen LogP contribution in [0, 0.1) is 5.92 Å². The average molecular weight is 225 g/mol. The maximum absolute atomic E-state index is 11.3. The van der Waals surface area contributed by atoms with E-state index in [0.717, 1.165) is 18.9 Å². The van der Waals surface area contributed by atoms with Crippen LogP contribution in [-0.4, -0.2) is 36.2 Å². The summed E-state index contributed by atoms with van der Waals surface area (Å²) in [5, 5.41) is 8.51. The minimum Gasteiger partial charge on any atom is -0.478 e. The second kappa shape index (κ2) is 4.44. The molecule has 1 saturated heterocycles. The van der Waals surface area contributed by atoms with Crippen LogP contribution in [0.3, 0.4) is 0 Å². The minimum atomic E-state index is -1.20. The van der Waals surface area contributed by atoms with Crippen LogP contribution >= 0.6 is 0 Å². The Balaban J connectivity index is 2.12. The van der Waals surface area contributed by atoms with E-state index in [9.17, 15) is 9.59 Å². The van der Waals surface area contributed by atoms with Crippen LogP contribution in [0.2, 0.25) is 0 Å². The van der Waals surface area contributed by atoms with Gasteiger partial charge in [0.05, 0.1) is 6.08 Å². The molecule has 0 unspecified atom stereocenters. The van der Waals surface area contributed by atoms with Gasteiger partial charge in [-0.3, -0.25) is 0 Å². The highest BCUT2D eigenvalue weighted by molar-refractivity contribution is 6.07. The summed E-state index contributed by atoms with van der Waals surface area (Å²) in [5.74, 6) is -1.52. The standard InChI is InChI=1S/C10H11NO5/c12-8(13)5-7-10(14)16-9(11-7)6-1-3-15-4-2-6/h5-6H,1-4H2,(H,12,13)/b7-5+. The summed E-state index contributed by atoms with van der Waals surface area (Å²) < 4.78 is 10.1. The van der Waals surface area contributed by atoms with Crippen molar-refractivity contribution in [3.05, 3.63) is 11.8 Å². The Morgan fingerprint density at radius 2 is 2.12 bits per heavy atom. The number of nitrogens with zero attached hydrogens (tertiary/aromatic N) is 1. The van der Waals surface area contributed by atoms with E-state index in [-0.39, 0.29) is 11.6 Å². The molecule has 0 atom stereocenters. The maximum Gasteiger partial charge on any atom is 0.363 e. The molecule has 2 aliphatic heterocycles. The third-order valence-electron chi connectivity index (χ3n) is 2.47. The smallest absolute Gasteiger partial charge is 0.363 e. The highest BCUT2D eigenvalue weighted by Gasteiger charge is 2.30. The fourth-order valence-corrected chi connectivity index (χ4v) is 1.66. The highest BCUT2D eigenvalue weighted by atomic mass is 16.6. The average Bonchev–Trinajstić information content (AvgIpc) is 2.61. The van der Waals surface area contributed by atoms with Gasteiger partial charge in [0.15, 0.2) is 5.70 Å². The van der Waals surface area contributed by atoms with Crippen molar-refractivity contribution in [3.8, 4) is 0 Å². The lowest BCUT2D eigenvalue weighted by Gasteiger charge is -2.20. The molecule has 0 aromatic carbocycles. The first kappa shape index (κ1) is 10.8. The van der Waals surface area contributed by atoms with Crippen molar-refractivity contribution in [3.63, 3.8) is 0 Å². The van der Waals surface area contributed by atoms with Crippen LogP contribution in [0.4, 0.5) is 0 Å². The van der Waals surface area contributed by atoms with Crippen molar-refractivity contribution in [2.24, 2.45) is 10.9 Å². The topological polar surface area (TPSA) is 85.2 Å². The van der Waals surface area contributed by atoms with Crippen molar-refractivity contribution in [1.82, 2.24) is 0 Å². The molecule has 2 heterocycles. The number of cyclic esters (lactones) is 1. The largest absolute Gasteiger partial charge is 0.478 e. The fraction of sp³-hybridized carbons (Fsp3) is 0.500. The van der Waals surface area contributed by atoms with Crippen LogP contribution in [-0.2, 0) is 19.1 Å². The number of esters is 1. The molecule has 16 heavy (non-hydrogen) atoms. The number of carbonyl (C=O) groups is 2. The molecule has 0 aliphatic carbocycles. The van der Waals surface area contributed by atoms with Gasteiger partial charge in [0.25, 0.3) is 0 Å². The van der Waals surface area contributed by atoms with Gasteiger partial charge in [-0.2, -0.15) is 0 Å². The van der Waals surface area contributed by atoms with Crippen LogP contribution < -0.4 is 0 Å². The van der Waals surface area contributed by atoms with Gasteiger partial charge >= 0.3 is 11.9 Å². The Kier molecular flexibility index (Phi) is 3.00. The molecule has 86 valence electrons. The second-order valence-electron chi connectivity index (χ2n) is 3.59. The molecular weight excluding hydrogens is 214 g/mol. The minimum absolute atomic E-state index is 0.0531. The Bertz CT molecular complexity index is 379. The van der Waals surface area contributed by atoms with Gasteiger partial charge in [0.2, 0.25) is 5.90 Å². The zero-order valence-electron chi connectivity index (χ0n) is 8.51. The predicted molar refractivity (Wildman–Crippen MR) is 52.8 cm³/mol. The van der Waals surface area contributed by atoms with E-state index in [1.54, 1.807) is 0 Å². The SMILES string of the molecule is O=C(O)/C=C1/N=C(C2CCOCC2)OC1=O. The van der Waals surface area contributed by atoms with Gasteiger partial charge in [-0.05, 0) is 12.8 Å². The number of aliphatic imine (C=N–C) groups is 1. The molecule has 0 aromatic heterocycles. The molecule has 6 nitrogen and oxygen atoms in total. The maximum atomic E-state index is 11.3. The summed E-state index contributed by atoms with van der Waals surface area (Å²) in [4.78, 5) is 25.6. The molecule has 1 N–H and O–H groups in total. The molecule has 0 spiro atoms. The van der Waals surface area contributed by atoms with Gasteiger partial charge in [0.1, 0.15) is 0 Å². The fourth-order valence-electron chi connectivity index (χ4n) is 1.66. The third-order valence-corrected chi connectivity index (χ3v) is 2.47. The number of rotatable bonds is 2. The Morgan fingerprint density at radius 1 is 1.44 bits per heavy atom. The third kappa shape index (κ3) is 2.27. The molecule has 6 heteroatoms. The quantitative estimate of drug-likeness (QED) is 0.541. The molecule has 0 radical (unpaired) electrons. The van der Waals surface area contributed by atoms with Crippen molar-refractivity contribution >= 4 is 17.8 Å². The van der Waals surface area contributed by atoms with Gasteiger partial charge in [-0.1, -0.05) is 0 Å². The van der Waals surface area contributed by atoms with Crippen molar-refractivity contribution in [2.45, 2.75) is 12.8 Å². The molecule has 0 saturated carbocycles. The van der Waals surface area contributed by atoms with E-state index >= 15 is 0 Å². The lowest BCUT2D eigenvalue weighted by atomic mass is 10.0. The van der Waals surface area contributed by atoms with Crippen LogP contribution in [0.1, 0.15) is 12.8 Å². The van der Waals surface area contributed by atoms with E-state index in [1.807, 2.05) is 0 Å². The molecule has 1 fully saturated rings. The summed E-state index contributed by atoms with van der Waals surface area (Å²) in [6.45, 7) is 1.22. The number of aliphatic carboxylic acids is 1. The summed E-state index contributed by atoms with van der Waals surface area (Å²) in [7, 11) is 0. The summed E-state index contributed by atoms with van der Waals surface area (Å²) in [5.41, 5.74) is -0.144. The molecule has 2 aliphatic rings. The van der Waals surface area contributed by atoms with Crippen molar-refractivity contribution in [2.75, 3.05) is 13.2 Å². The summed E-state index contributed by atoms with van der Waals surface area (Å²) in [6, 6.07) is 0. The number of carbonyl (C=O) groups excluding carboxylic acids is 1. The summed E-state index contributed by atoms with van der Waals surface area (Å²) in [6.07, 6.45) is 2.24. The lowest BCUT2D eigenvalue weighted by Crippen LogP contribution is -2.24. The molecule has 0 amide bonds. The molecule has 0 bridgehead atoms. The molecule has 0 aromatic rings. The number of carboxylic acid groups (broad SMARTS) is 1. The zero-order chi connectivity index (χ0) is 11.5. The van der Waals surface area contributed by atoms with E-state index < -0.39 is 11.9 Å². The van der Waals surface area contributed by atoms with Gasteiger partial charge < -0.3 is 14.6 Å². The van der Waals surface area contributed by atoms with E-state index in [2.05, 4.69) is 4.99 Å². The first-order chi connectivity index (χ1) is 7.66. The normalized spacial score (nSPS) is 24.4. The van der Waals surface area contributed by atoms with E-state index in [1.165, 1.54) is 0 Å². The second-order valence-corrected chi connectivity index (χ2v) is 3.59. The number of hydrogen-bond donors (Lipinski definition) is 1. The highest BCUT2D eigenvalue weighted by Crippen LogP contribution is 2.23. The van der Waals surface area contributed by atoms with Gasteiger partial charge in [-0.25, -0.2) is 14.6 Å². The zero-order valence-corrected chi connectivity index (χ0v) is 8.51. The summed E-state index contributed by atoms with van der Waals surface area (Å²) >= 11 is 0. The van der Waals surface area contributed by atoms with Gasteiger partial charge in [0, 0.05) is 19.1 Å². The number of carboxylic acids is 1. The molecule has 2 rings (SSSR count). The first-order valence-electron chi connectivity index (χ1n) is 5.00. The van der Waals surface area contributed by atoms with Crippen LogP contribution in [0.5, 0.6) is 0 Å². The van der Waals surface area contributed by atoms with E-state index in [0.29, 0.717) is 19.1 Å². The Hall–Kier alpha value is -1.69. The monoisotopic (exact) mass is 225 g/mol. The lowest BCUT2D eigenvalue weighted by molar-refractivity contribution is -0.133. The van der Waals surface area contributed by atoms with Crippen molar-refractivity contribution < 1.29 is 24.2 Å². The number of ether oxygens (including phenoxy) is 2. The van der Waals surface area contributed by atoms with E-state index in [4.69, 9.17) is 14.6 Å². The van der Waals surface area contributed by atoms with Crippen molar-refractivity contribution in [1.29, 1.82) is 0 Å². The Labute approximate surface area is 91.6 Å². The van der Waals surface area contributed by atoms with Crippen LogP contribution in [0.15, 0.2) is 16.8 Å². The molecular formula is C10H11NO5. The van der Waals surface area contributed by atoms with Gasteiger partial charge in [-0.15, -0.1) is 0 Å². The first-order valence-corrected chi connectivity index (χ1v) is 5.00. The predicted octanol–water partition coefficient (Wildman–Crippen LogP) is 0.337.